The maximum atomic E-state index is 12.5. The van der Waals surface area contributed by atoms with Crippen molar-refractivity contribution >= 4 is 29.2 Å². The Morgan fingerprint density at radius 3 is 2.96 bits per heavy atom. The molecular formula is C17H21ClN2O4. The van der Waals surface area contributed by atoms with Gasteiger partial charge in [0.2, 0.25) is 5.91 Å². The highest BCUT2D eigenvalue weighted by Crippen LogP contribution is 2.48. The van der Waals surface area contributed by atoms with Crippen LogP contribution in [-0.2, 0) is 9.59 Å². The number of carboxylic acid groups (broad SMARTS) is 1. The fourth-order valence-electron chi connectivity index (χ4n) is 3.93. The van der Waals surface area contributed by atoms with Gasteiger partial charge >= 0.3 is 5.97 Å². The molecule has 2 atom stereocenters. The van der Waals surface area contributed by atoms with Crippen molar-refractivity contribution in [2.75, 3.05) is 32.1 Å². The van der Waals surface area contributed by atoms with Crippen molar-refractivity contribution in [2.24, 2.45) is 11.3 Å². The molecule has 2 N–H and O–H groups in total. The van der Waals surface area contributed by atoms with Crippen molar-refractivity contribution in [2.45, 2.75) is 19.3 Å². The van der Waals surface area contributed by atoms with Crippen molar-refractivity contribution in [1.82, 2.24) is 4.90 Å². The van der Waals surface area contributed by atoms with Gasteiger partial charge in [0.15, 0.2) is 0 Å². The van der Waals surface area contributed by atoms with Crippen molar-refractivity contribution in [3.63, 3.8) is 0 Å². The average molecular weight is 353 g/mol. The molecule has 1 aliphatic carbocycles. The monoisotopic (exact) mass is 352 g/mol. The number of halogens is 1. The van der Waals surface area contributed by atoms with E-state index in [2.05, 4.69) is 5.32 Å². The smallest absolute Gasteiger partial charge is 0.311 e. The first kappa shape index (κ1) is 16.9. The Morgan fingerprint density at radius 1 is 1.50 bits per heavy atom. The van der Waals surface area contributed by atoms with Gasteiger partial charge in [-0.05, 0) is 37.0 Å². The molecule has 0 unspecified atom stereocenters. The van der Waals surface area contributed by atoms with Gasteiger partial charge in [-0.15, -0.1) is 0 Å². The summed E-state index contributed by atoms with van der Waals surface area (Å²) >= 11 is 5.98. The fraction of sp³-hybridized carbons (Fsp3) is 0.529. The molecule has 1 aromatic carbocycles. The molecule has 6 nitrogen and oxygen atoms in total. The van der Waals surface area contributed by atoms with Crippen molar-refractivity contribution in [3.8, 4) is 5.75 Å². The SMILES string of the molecule is COc1ccc(Cl)cc1NCC(=O)N1C[C@@H]2CCC[C@@]2(C(=O)O)C1. The summed E-state index contributed by atoms with van der Waals surface area (Å²) in [5, 5.41) is 13.2. The number of fused-ring (bicyclic) bond motifs is 1. The lowest BCUT2D eigenvalue weighted by atomic mass is 9.81. The van der Waals surface area contributed by atoms with Crippen LogP contribution in [0.25, 0.3) is 0 Å². The van der Waals surface area contributed by atoms with Gasteiger partial charge in [0.05, 0.1) is 24.8 Å². The number of anilines is 1. The number of nitrogens with zero attached hydrogens (tertiary/aromatic N) is 1. The van der Waals surface area contributed by atoms with Crippen molar-refractivity contribution in [1.29, 1.82) is 0 Å². The molecule has 7 heteroatoms. The lowest BCUT2D eigenvalue weighted by molar-refractivity contribution is -0.149. The van der Waals surface area contributed by atoms with Crippen LogP contribution in [-0.4, -0.2) is 48.6 Å². The number of aliphatic carboxylic acids is 1. The van der Waals surface area contributed by atoms with E-state index < -0.39 is 11.4 Å². The number of amides is 1. The van der Waals surface area contributed by atoms with Crippen molar-refractivity contribution in [3.05, 3.63) is 23.2 Å². The lowest BCUT2D eigenvalue weighted by Crippen LogP contribution is -2.39. The summed E-state index contributed by atoms with van der Waals surface area (Å²) in [6, 6.07) is 5.14. The standard InChI is InChI=1S/C17H21ClN2O4/c1-24-14-5-4-12(18)7-13(14)19-8-15(21)20-9-11-3-2-6-17(11,10-20)16(22)23/h4-5,7,11,19H,2-3,6,8-10H2,1H3,(H,22,23)/t11-,17+/m0/s1. The molecule has 1 saturated carbocycles. The van der Waals surface area contributed by atoms with Crippen LogP contribution in [0.15, 0.2) is 18.2 Å². The Hall–Kier alpha value is -1.95. The maximum absolute atomic E-state index is 12.5. The van der Waals surface area contributed by atoms with E-state index in [4.69, 9.17) is 16.3 Å². The first-order valence-corrected chi connectivity index (χ1v) is 8.42. The Kier molecular flexibility index (Phi) is 4.58. The van der Waals surface area contributed by atoms with Crippen LogP contribution in [0.4, 0.5) is 5.69 Å². The molecule has 0 spiro atoms. The van der Waals surface area contributed by atoms with E-state index in [1.54, 1.807) is 30.2 Å². The van der Waals surface area contributed by atoms with Crippen LogP contribution in [0.3, 0.4) is 0 Å². The number of hydrogen-bond donors (Lipinski definition) is 2. The van der Waals surface area contributed by atoms with Gasteiger partial charge in [0.1, 0.15) is 5.75 Å². The number of carboxylic acids is 1. The first-order chi connectivity index (χ1) is 11.5. The Bertz CT molecular complexity index is 666. The van der Waals surface area contributed by atoms with Crippen LogP contribution < -0.4 is 10.1 Å². The summed E-state index contributed by atoms with van der Waals surface area (Å²) in [4.78, 5) is 25.9. The van der Waals surface area contributed by atoms with Crippen LogP contribution in [0.5, 0.6) is 5.75 Å². The summed E-state index contributed by atoms with van der Waals surface area (Å²) in [5.41, 5.74) is -0.102. The number of likely N-dealkylation sites (tertiary alicyclic amines) is 1. The van der Waals surface area contributed by atoms with Crippen molar-refractivity contribution < 1.29 is 19.4 Å². The average Bonchev–Trinajstić information content (AvgIpc) is 3.11. The highest BCUT2D eigenvalue weighted by Gasteiger charge is 2.55. The van der Waals surface area contributed by atoms with E-state index in [0.29, 0.717) is 36.0 Å². The largest absolute Gasteiger partial charge is 0.495 e. The number of methoxy groups -OCH3 is 1. The zero-order chi connectivity index (χ0) is 17.3. The number of carbonyl (C=O) groups excluding carboxylic acids is 1. The van der Waals surface area contributed by atoms with Gasteiger partial charge in [0.25, 0.3) is 0 Å². The predicted octanol–water partition coefficient (Wildman–Crippen LogP) is 2.47. The molecule has 1 heterocycles. The molecule has 0 bridgehead atoms. The van der Waals surface area contributed by atoms with E-state index in [0.717, 1.165) is 12.8 Å². The summed E-state index contributed by atoms with van der Waals surface area (Å²) in [6.45, 7) is 0.915. The molecule has 2 aliphatic rings. The molecule has 1 saturated heterocycles. The number of benzene rings is 1. The van der Waals surface area contributed by atoms with Crippen LogP contribution in [0, 0.1) is 11.3 Å². The summed E-state index contributed by atoms with van der Waals surface area (Å²) in [6.07, 6.45) is 2.47. The molecule has 0 aromatic heterocycles. The molecule has 1 amide bonds. The highest BCUT2D eigenvalue weighted by atomic mass is 35.5. The number of nitrogens with one attached hydrogen (secondary N) is 1. The molecule has 2 fully saturated rings. The van der Waals surface area contributed by atoms with Gasteiger partial charge in [-0.3, -0.25) is 9.59 Å². The summed E-state index contributed by atoms with van der Waals surface area (Å²) in [5.74, 6) is -0.205. The van der Waals surface area contributed by atoms with Crippen LogP contribution >= 0.6 is 11.6 Å². The number of rotatable bonds is 5. The van der Waals surface area contributed by atoms with Gasteiger partial charge in [0, 0.05) is 18.1 Å². The highest BCUT2D eigenvalue weighted by molar-refractivity contribution is 6.30. The molecular weight excluding hydrogens is 332 g/mol. The quantitative estimate of drug-likeness (QED) is 0.851. The molecule has 24 heavy (non-hydrogen) atoms. The van der Waals surface area contributed by atoms with E-state index in [1.807, 2.05) is 0 Å². The Balaban J connectivity index is 1.65. The van der Waals surface area contributed by atoms with Gasteiger partial charge in [-0.2, -0.15) is 0 Å². The lowest BCUT2D eigenvalue weighted by Gasteiger charge is -2.23. The summed E-state index contributed by atoms with van der Waals surface area (Å²) < 4.78 is 5.24. The first-order valence-electron chi connectivity index (χ1n) is 8.05. The Morgan fingerprint density at radius 2 is 2.29 bits per heavy atom. The molecule has 1 aromatic rings. The second kappa shape index (κ2) is 6.51. The third-order valence-corrected chi connectivity index (χ3v) is 5.48. The maximum Gasteiger partial charge on any atom is 0.311 e. The Labute approximate surface area is 145 Å². The summed E-state index contributed by atoms with van der Waals surface area (Å²) in [7, 11) is 1.55. The third-order valence-electron chi connectivity index (χ3n) is 5.24. The third kappa shape index (κ3) is 2.90. The number of ether oxygens (including phenoxy) is 1. The zero-order valence-electron chi connectivity index (χ0n) is 13.5. The van der Waals surface area contributed by atoms with Gasteiger partial charge in [-0.1, -0.05) is 18.0 Å². The molecule has 0 radical (unpaired) electrons. The van der Waals surface area contributed by atoms with Gasteiger partial charge < -0.3 is 20.1 Å². The predicted molar refractivity (Wildman–Crippen MR) is 90.5 cm³/mol. The topological polar surface area (TPSA) is 78.9 Å². The van der Waals surface area contributed by atoms with E-state index in [9.17, 15) is 14.7 Å². The minimum absolute atomic E-state index is 0.0691. The second-order valence-electron chi connectivity index (χ2n) is 6.52. The molecule has 130 valence electrons. The van der Waals surface area contributed by atoms with Crippen LogP contribution in [0.2, 0.25) is 5.02 Å². The fourth-order valence-corrected chi connectivity index (χ4v) is 4.10. The normalized spacial score (nSPS) is 25.4. The van der Waals surface area contributed by atoms with E-state index in [1.165, 1.54) is 0 Å². The minimum atomic E-state index is -0.773. The second-order valence-corrected chi connectivity index (χ2v) is 6.96. The van der Waals surface area contributed by atoms with E-state index in [-0.39, 0.29) is 18.4 Å². The van der Waals surface area contributed by atoms with Gasteiger partial charge in [-0.25, -0.2) is 0 Å². The number of carbonyl (C=O) groups is 2. The zero-order valence-corrected chi connectivity index (χ0v) is 14.3. The van der Waals surface area contributed by atoms with Crippen LogP contribution in [0.1, 0.15) is 19.3 Å². The molecule has 1 aliphatic heterocycles. The molecule has 3 rings (SSSR count). The minimum Gasteiger partial charge on any atom is -0.495 e. The van der Waals surface area contributed by atoms with E-state index >= 15 is 0 Å². The number of hydrogen-bond acceptors (Lipinski definition) is 4.